The number of hydrogen-bond donors (Lipinski definition) is 2. The van der Waals surface area contributed by atoms with Gasteiger partial charge < -0.3 is 10.2 Å². The lowest BCUT2D eigenvalue weighted by Gasteiger charge is -2.09. The number of aliphatic carboxylic acids is 1. The van der Waals surface area contributed by atoms with Crippen molar-refractivity contribution in [3.05, 3.63) is 40.2 Å². The van der Waals surface area contributed by atoms with Gasteiger partial charge in [0.15, 0.2) is 5.15 Å². The van der Waals surface area contributed by atoms with Crippen LogP contribution in [0.1, 0.15) is 21.6 Å². The van der Waals surface area contributed by atoms with Gasteiger partial charge in [-0.1, -0.05) is 22.9 Å². The van der Waals surface area contributed by atoms with Crippen molar-refractivity contribution in [2.45, 2.75) is 13.3 Å². The molecule has 0 radical (unpaired) electrons. The van der Waals surface area contributed by atoms with Gasteiger partial charge in [0.2, 0.25) is 0 Å². The molecule has 0 fully saturated rings. The van der Waals surface area contributed by atoms with Gasteiger partial charge in [-0.2, -0.15) is 0 Å². The third kappa shape index (κ3) is 2.62. The number of benzene rings is 1. The van der Waals surface area contributed by atoms with Crippen molar-refractivity contribution in [2.75, 3.05) is 0 Å². The van der Waals surface area contributed by atoms with Crippen LogP contribution in [-0.2, 0) is 11.2 Å². The highest BCUT2D eigenvalue weighted by Gasteiger charge is 2.18. The van der Waals surface area contributed by atoms with Crippen molar-refractivity contribution in [3.8, 4) is 5.69 Å². The Balaban J connectivity index is 2.59. The highest BCUT2D eigenvalue weighted by molar-refractivity contribution is 6.30. The Morgan fingerprint density at radius 2 is 2.05 bits per heavy atom. The van der Waals surface area contributed by atoms with E-state index in [0.29, 0.717) is 5.69 Å². The van der Waals surface area contributed by atoms with Crippen LogP contribution >= 0.6 is 11.6 Å². The highest BCUT2D eigenvalue weighted by Crippen LogP contribution is 2.21. The first-order valence-electron chi connectivity index (χ1n) is 5.56. The van der Waals surface area contributed by atoms with E-state index in [0.717, 1.165) is 5.56 Å². The molecule has 0 aliphatic carbocycles. The average molecular weight is 296 g/mol. The molecule has 1 aromatic carbocycles. The first-order chi connectivity index (χ1) is 9.40. The molecule has 7 nitrogen and oxygen atoms in total. The van der Waals surface area contributed by atoms with Crippen LogP contribution in [-0.4, -0.2) is 37.1 Å². The summed E-state index contributed by atoms with van der Waals surface area (Å²) in [6.07, 6.45) is -0.359. The van der Waals surface area contributed by atoms with Gasteiger partial charge >= 0.3 is 11.9 Å². The maximum atomic E-state index is 11.0. The molecule has 0 unspecified atom stereocenters. The van der Waals surface area contributed by atoms with Crippen LogP contribution in [0.4, 0.5) is 0 Å². The number of aromatic nitrogens is 3. The number of aromatic carboxylic acids is 1. The molecule has 2 rings (SSSR count). The molecule has 1 heterocycles. The van der Waals surface area contributed by atoms with Gasteiger partial charge in [-0.3, -0.25) is 4.79 Å². The smallest absolute Gasteiger partial charge is 0.335 e. The van der Waals surface area contributed by atoms with Crippen LogP contribution in [0.15, 0.2) is 18.2 Å². The second kappa shape index (κ2) is 5.30. The van der Waals surface area contributed by atoms with E-state index >= 15 is 0 Å². The summed E-state index contributed by atoms with van der Waals surface area (Å²) >= 11 is 5.82. The van der Waals surface area contributed by atoms with Gasteiger partial charge in [-0.05, 0) is 24.6 Å². The van der Waals surface area contributed by atoms with E-state index in [2.05, 4.69) is 10.3 Å². The molecule has 0 atom stereocenters. The minimum absolute atomic E-state index is 0.0208. The minimum Gasteiger partial charge on any atom is -0.481 e. The fourth-order valence-corrected chi connectivity index (χ4v) is 1.92. The van der Waals surface area contributed by atoms with Gasteiger partial charge in [0.1, 0.15) is 0 Å². The van der Waals surface area contributed by atoms with Gasteiger partial charge in [-0.25, -0.2) is 9.48 Å². The number of aryl methyl sites for hydroxylation is 1. The lowest BCUT2D eigenvalue weighted by atomic mass is 10.1. The van der Waals surface area contributed by atoms with Crippen molar-refractivity contribution >= 4 is 23.5 Å². The topological polar surface area (TPSA) is 105 Å². The minimum atomic E-state index is -1.09. The largest absolute Gasteiger partial charge is 0.481 e. The molecule has 0 saturated heterocycles. The van der Waals surface area contributed by atoms with Crippen molar-refractivity contribution in [2.24, 2.45) is 0 Å². The lowest BCUT2D eigenvalue weighted by molar-refractivity contribution is -0.136. The van der Waals surface area contributed by atoms with Gasteiger partial charge in [-0.15, -0.1) is 5.10 Å². The van der Waals surface area contributed by atoms with E-state index in [4.69, 9.17) is 21.8 Å². The summed E-state index contributed by atoms with van der Waals surface area (Å²) in [7, 11) is 0. The number of nitrogens with zero attached hydrogens (tertiary/aromatic N) is 3. The summed E-state index contributed by atoms with van der Waals surface area (Å²) in [4.78, 5) is 21.8. The summed E-state index contributed by atoms with van der Waals surface area (Å²) in [5.74, 6) is -2.17. The fraction of sp³-hybridized carbons (Fsp3) is 0.167. The van der Waals surface area contributed by atoms with E-state index in [1.807, 2.05) is 0 Å². The summed E-state index contributed by atoms with van der Waals surface area (Å²) < 4.78 is 1.25. The molecule has 0 aliphatic rings. The number of carbonyl (C=O) groups is 2. The summed E-state index contributed by atoms with van der Waals surface area (Å²) in [5.41, 5.74) is 1.42. The van der Waals surface area contributed by atoms with Crippen LogP contribution in [0.5, 0.6) is 0 Å². The molecule has 104 valence electrons. The molecule has 20 heavy (non-hydrogen) atoms. The zero-order valence-electron chi connectivity index (χ0n) is 10.4. The van der Waals surface area contributed by atoms with Gasteiger partial charge in [0.05, 0.1) is 23.4 Å². The first kappa shape index (κ1) is 14.0. The molecule has 0 spiro atoms. The van der Waals surface area contributed by atoms with Gasteiger partial charge in [0.25, 0.3) is 0 Å². The van der Waals surface area contributed by atoms with E-state index in [9.17, 15) is 9.59 Å². The molecule has 0 bridgehead atoms. The first-order valence-corrected chi connectivity index (χ1v) is 5.94. The summed E-state index contributed by atoms with van der Waals surface area (Å²) in [6, 6.07) is 4.46. The Labute approximate surface area is 118 Å². The van der Waals surface area contributed by atoms with Gasteiger partial charge in [0, 0.05) is 0 Å². The Morgan fingerprint density at radius 1 is 1.35 bits per heavy atom. The quantitative estimate of drug-likeness (QED) is 0.886. The Bertz CT molecular complexity index is 696. The van der Waals surface area contributed by atoms with Crippen molar-refractivity contribution in [1.82, 2.24) is 15.0 Å². The molecule has 2 aromatic rings. The third-order valence-corrected chi connectivity index (χ3v) is 3.01. The summed E-state index contributed by atoms with van der Waals surface area (Å²) in [6.45, 7) is 1.75. The van der Waals surface area contributed by atoms with Crippen molar-refractivity contribution < 1.29 is 19.8 Å². The highest BCUT2D eigenvalue weighted by atomic mass is 35.5. The fourth-order valence-electron chi connectivity index (χ4n) is 1.74. The average Bonchev–Trinajstić information content (AvgIpc) is 2.71. The molecule has 0 saturated carbocycles. The summed E-state index contributed by atoms with van der Waals surface area (Å²) in [5, 5.41) is 25.3. The van der Waals surface area contributed by atoms with Crippen LogP contribution in [0.25, 0.3) is 5.69 Å². The zero-order chi connectivity index (χ0) is 14.9. The predicted molar refractivity (Wildman–Crippen MR) is 69.4 cm³/mol. The number of carboxylic acid groups (broad SMARTS) is 2. The SMILES string of the molecule is Cc1ccc(C(=O)O)cc1-n1nnc(Cl)c1CC(=O)O. The third-order valence-electron chi connectivity index (χ3n) is 2.72. The molecule has 2 N–H and O–H groups in total. The number of carboxylic acids is 2. The molecule has 1 aromatic heterocycles. The zero-order valence-corrected chi connectivity index (χ0v) is 11.1. The van der Waals surface area contributed by atoms with Crippen LogP contribution in [0.2, 0.25) is 5.15 Å². The standard InChI is InChI=1S/C12H10ClN3O4/c1-6-2-3-7(12(19)20)4-8(6)16-9(5-10(17)18)11(13)14-15-16/h2-4H,5H2,1H3,(H,17,18)(H,19,20). The van der Waals surface area contributed by atoms with Crippen LogP contribution in [0.3, 0.4) is 0 Å². The van der Waals surface area contributed by atoms with E-state index in [1.165, 1.54) is 16.8 Å². The lowest BCUT2D eigenvalue weighted by Crippen LogP contribution is -2.10. The monoisotopic (exact) mass is 295 g/mol. The van der Waals surface area contributed by atoms with E-state index in [-0.39, 0.29) is 22.8 Å². The van der Waals surface area contributed by atoms with Crippen LogP contribution < -0.4 is 0 Å². The molecule has 0 amide bonds. The Kier molecular flexibility index (Phi) is 3.71. The van der Waals surface area contributed by atoms with E-state index < -0.39 is 11.9 Å². The van der Waals surface area contributed by atoms with E-state index in [1.54, 1.807) is 13.0 Å². The second-order valence-electron chi connectivity index (χ2n) is 4.12. The Morgan fingerprint density at radius 3 is 2.65 bits per heavy atom. The van der Waals surface area contributed by atoms with Crippen LogP contribution in [0, 0.1) is 6.92 Å². The maximum absolute atomic E-state index is 11.0. The molecular formula is C12H10ClN3O4. The second-order valence-corrected chi connectivity index (χ2v) is 4.47. The molecule has 0 aliphatic heterocycles. The molecular weight excluding hydrogens is 286 g/mol. The van der Waals surface area contributed by atoms with Crippen molar-refractivity contribution in [1.29, 1.82) is 0 Å². The predicted octanol–water partition coefficient (Wildman–Crippen LogP) is 1.55. The van der Waals surface area contributed by atoms with Crippen molar-refractivity contribution in [3.63, 3.8) is 0 Å². The number of rotatable bonds is 4. The normalized spacial score (nSPS) is 10.5. The number of halogens is 1. The Hall–Kier alpha value is -2.41. The number of hydrogen-bond acceptors (Lipinski definition) is 4. The maximum Gasteiger partial charge on any atom is 0.335 e. The molecule has 8 heteroatoms.